The van der Waals surface area contributed by atoms with Crippen molar-refractivity contribution in [2.24, 2.45) is 4.99 Å². The molecule has 2 aromatic carbocycles. The molecule has 1 aliphatic carbocycles. The van der Waals surface area contributed by atoms with E-state index in [0.29, 0.717) is 11.4 Å². The van der Waals surface area contributed by atoms with E-state index >= 15 is 0 Å². The molecule has 1 aliphatic rings. The lowest BCUT2D eigenvalue weighted by atomic mass is 9.96. The van der Waals surface area contributed by atoms with Gasteiger partial charge in [-0.1, -0.05) is 35.9 Å². The van der Waals surface area contributed by atoms with Crippen LogP contribution >= 0.6 is 11.6 Å². The molecule has 2 N–H and O–H groups in total. The zero-order chi connectivity index (χ0) is 20.2. The number of rotatable bonds is 7. The third kappa shape index (κ3) is 5.26. The minimum Gasteiger partial charge on any atom is -0.356 e. The van der Waals surface area contributed by atoms with Crippen molar-refractivity contribution < 1.29 is 8.42 Å². The van der Waals surface area contributed by atoms with Crippen LogP contribution in [0.3, 0.4) is 0 Å². The maximum Gasteiger partial charge on any atom is 0.191 e. The third-order valence-corrected chi connectivity index (χ3v) is 6.57. The van der Waals surface area contributed by atoms with Crippen LogP contribution in [0.5, 0.6) is 0 Å². The van der Waals surface area contributed by atoms with Gasteiger partial charge in [-0.05, 0) is 54.7 Å². The van der Waals surface area contributed by atoms with Crippen molar-refractivity contribution in [2.75, 3.05) is 26.4 Å². The molecule has 0 aliphatic heterocycles. The highest BCUT2D eigenvalue weighted by atomic mass is 35.5. The van der Waals surface area contributed by atoms with E-state index in [4.69, 9.17) is 11.6 Å². The summed E-state index contributed by atoms with van der Waals surface area (Å²) in [6.45, 7) is 1.54. The molecule has 1 saturated carbocycles. The predicted octanol–water partition coefficient (Wildman–Crippen LogP) is 3.18. The van der Waals surface area contributed by atoms with Crippen molar-refractivity contribution in [3.8, 4) is 0 Å². The molecular formula is C21H26ClN3O2S. The van der Waals surface area contributed by atoms with Gasteiger partial charge in [0, 0.05) is 36.8 Å². The minimum atomic E-state index is -3.15. The fourth-order valence-electron chi connectivity index (χ4n) is 3.22. The number of sulfone groups is 1. The summed E-state index contributed by atoms with van der Waals surface area (Å²) < 4.78 is 23.0. The Labute approximate surface area is 172 Å². The molecule has 5 nitrogen and oxygen atoms in total. The first-order chi connectivity index (χ1) is 13.3. The second-order valence-electron chi connectivity index (χ2n) is 7.31. The van der Waals surface area contributed by atoms with Gasteiger partial charge < -0.3 is 10.6 Å². The molecule has 0 unspecified atom stereocenters. The van der Waals surface area contributed by atoms with Gasteiger partial charge in [-0.2, -0.15) is 0 Å². The van der Waals surface area contributed by atoms with Crippen LogP contribution in [0.15, 0.2) is 58.4 Å². The lowest BCUT2D eigenvalue weighted by Crippen LogP contribution is -2.41. The van der Waals surface area contributed by atoms with Gasteiger partial charge in [-0.3, -0.25) is 4.99 Å². The SMILES string of the molecule is CN=C(NCCc1ccc(S(C)(=O)=O)cc1)NCC1(c2ccc(Cl)cc2)CC1. The van der Waals surface area contributed by atoms with E-state index in [1.165, 1.54) is 11.8 Å². The molecule has 0 atom stereocenters. The largest absolute Gasteiger partial charge is 0.356 e. The average molecular weight is 420 g/mol. The zero-order valence-corrected chi connectivity index (χ0v) is 17.8. The molecule has 0 heterocycles. The Balaban J connectivity index is 1.48. The molecule has 0 bridgehead atoms. The summed E-state index contributed by atoms with van der Waals surface area (Å²) in [4.78, 5) is 4.64. The van der Waals surface area contributed by atoms with Gasteiger partial charge in [0.2, 0.25) is 0 Å². The Kier molecular flexibility index (Phi) is 6.30. The van der Waals surface area contributed by atoms with Gasteiger partial charge in [0.15, 0.2) is 15.8 Å². The number of hydrogen-bond acceptors (Lipinski definition) is 3. The van der Waals surface area contributed by atoms with Crippen LogP contribution in [0.1, 0.15) is 24.0 Å². The van der Waals surface area contributed by atoms with Crippen molar-refractivity contribution >= 4 is 27.4 Å². The van der Waals surface area contributed by atoms with E-state index in [1.54, 1.807) is 19.2 Å². The summed E-state index contributed by atoms with van der Waals surface area (Å²) in [5.74, 6) is 0.771. The molecule has 28 heavy (non-hydrogen) atoms. The smallest absolute Gasteiger partial charge is 0.191 e. The number of halogens is 1. The van der Waals surface area contributed by atoms with Gasteiger partial charge >= 0.3 is 0 Å². The van der Waals surface area contributed by atoms with E-state index in [1.807, 2.05) is 24.3 Å². The fourth-order valence-corrected chi connectivity index (χ4v) is 3.98. The Morgan fingerprint density at radius 1 is 1.07 bits per heavy atom. The Morgan fingerprint density at radius 3 is 2.25 bits per heavy atom. The maximum absolute atomic E-state index is 11.5. The second kappa shape index (κ2) is 8.53. The Morgan fingerprint density at radius 2 is 1.71 bits per heavy atom. The first-order valence-electron chi connectivity index (χ1n) is 9.32. The fraction of sp³-hybridized carbons (Fsp3) is 0.381. The highest BCUT2D eigenvalue weighted by molar-refractivity contribution is 7.90. The summed E-state index contributed by atoms with van der Waals surface area (Å²) >= 11 is 6.00. The molecule has 0 spiro atoms. The minimum absolute atomic E-state index is 0.170. The van der Waals surface area contributed by atoms with Crippen molar-refractivity contribution in [2.45, 2.75) is 29.6 Å². The monoisotopic (exact) mass is 419 g/mol. The molecule has 1 fully saturated rings. The molecule has 2 aromatic rings. The number of aliphatic imine (C=N–C) groups is 1. The van der Waals surface area contributed by atoms with Crippen LogP contribution in [0.2, 0.25) is 5.02 Å². The van der Waals surface area contributed by atoms with Crippen molar-refractivity contribution in [3.05, 3.63) is 64.7 Å². The van der Waals surface area contributed by atoms with Gasteiger partial charge in [-0.15, -0.1) is 0 Å². The molecule has 3 rings (SSSR count). The summed E-state index contributed by atoms with van der Waals surface area (Å²) in [6, 6.07) is 15.1. The second-order valence-corrected chi connectivity index (χ2v) is 9.76. The number of nitrogens with one attached hydrogen (secondary N) is 2. The van der Waals surface area contributed by atoms with Crippen molar-refractivity contribution in [1.82, 2.24) is 10.6 Å². The number of benzene rings is 2. The topological polar surface area (TPSA) is 70.6 Å². The average Bonchev–Trinajstić information content (AvgIpc) is 3.46. The molecular weight excluding hydrogens is 394 g/mol. The molecule has 0 radical (unpaired) electrons. The number of nitrogens with zero attached hydrogens (tertiary/aromatic N) is 1. The first-order valence-corrected chi connectivity index (χ1v) is 11.6. The highest BCUT2D eigenvalue weighted by Crippen LogP contribution is 2.47. The summed E-state index contributed by atoms with van der Waals surface area (Å²) in [7, 11) is -1.39. The quantitative estimate of drug-likeness (QED) is 0.534. The van der Waals surface area contributed by atoms with Crippen LogP contribution < -0.4 is 10.6 Å². The summed E-state index contributed by atoms with van der Waals surface area (Å²) in [6.07, 6.45) is 4.32. The van der Waals surface area contributed by atoms with Crippen LogP contribution in [-0.4, -0.2) is 40.8 Å². The zero-order valence-electron chi connectivity index (χ0n) is 16.2. The third-order valence-electron chi connectivity index (χ3n) is 5.19. The van der Waals surface area contributed by atoms with Crippen LogP contribution in [-0.2, 0) is 21.7 Å². The molecule has 0 saturated heterocycles. The van der Waals surface area contributed by atoms with E-state index in [-0.39, 0.29) is 5.41 Å². The van der Waals surface area contributed by atoms with Gasteiger partial charge in [0.1, 0.15) is 0 Å². The van der Waals surface area contributed by atoms with Crippen LogP contribution in [0.4, 0.5) is 0 Å². The highest BCUT2D eigenvalue weighted by Gasteiger charge is 2.44. The molecule has 150 valence electrons. The normalized spacial score (nSPS) is 15.9. The number of hydrogen-bond donors (Lipinski definition) is 2. The molecule has 7 heteroatoms. The predicted molar refractivity (Wildman–Crippen MR) is 115 cm³/mol. The lowest BCUT2D eigenvalue weighted by molar-refractivity contribution is 0.602. The van der Waals surface area contributed by atoms with E-state index < -0.39 is 9.84 Å². The first kappa shape index (κ1) is 20.7. The molecule has 0 aromatic heterocycles. The summed E-state index contributed by atoms with van der Waals surface area (Å²) in [5.41, 5.74) is 2.56. The van der Waals surface area contributed by atoms with E-state index in [0.717, 1.165) is 42.4 Å². The molecule has 0 amide bonds. The standard InChI is InChI=1S/C21H26ClN3O2S/c1-23-20(24-14-11-16-3-9-19(10-4-16)28(2,26)27)25-15-21(12-13-21)17-5-7-18(22)8-6-17/h3-10H,11-15H2,1-2H3,(H2,23,24,25). The van der Waals surface area contributed by atoms with Crippen LogP contribution in [0.25, 0.3) is 0 Å². The van der Waals surface area contributed by atoms with Crippen molar-refractivity contribution in [1.29, 1.82) is 0 Å². The van der Waals surface area contributed by atoms with Crippen LogP contribution in [0, 0.1) is 0 Å². The van der Waals surface area contributed by atoms with Gasteiger partial charge in [0.25, 0.3) is 0 Å². The Bertz CT molecular complexity index is 935. The lowest BCUT2D eigenvalue weighted by Gasteiger charge is -2.19. The van der Waals surface area contributed by atoms with Gasteiger partial charge in [0.05, 0.1) is 4.90 Å². The van der Waals surface area contributed by atoms with Gasteiger partial charge in [-0.25, -0.2) is 8.42 Å². The summed E-state index contributed by atoms with van der Waals surface area (Å²) in [5, 5.41) is 7.51. The number of guanidine groups is 1. The van der Waals surface area contributed by atoms with Crippen molar-refractivity contribution in [3.63, 3.8) is 0 Å². The van der Waals surface area contributed by atoms with E-state index in [9.17, 15) is 8.42 Å². The Hall–Kier alpha value is -2.05. The maximum atomic E-state index is 11.5. The van der Waals surface area contributed by atoms with E-state index in [2.05, 4.69) is 27.8 Å².